The highest BCUT2D eigenvalue weighted by Crippen LogP contribution is 2.52. The first kappa shape index (κ1) is 13.1. The minimum Gasteiger partial charge on any atom is -0.390 e. The second kappa shape index (κ2) is 4.31. The summed E-state index contributed by atoms with van der Waals surface area (Å²) in [5.41, 5.74) is 1.94. The third kappa shape index (κ3) is 1.92. The van der Waals surface area contributed by atoms with Gasteiger partial charge in [0.25, 0.3) is 0 Å². The molecule has 1 saturated carbocycles. The van der Waals surface area contributed by atoms with Gasteiger partial charge in [-0.1, -0.05) is 23.3 Å². The molecule has 0 bridgehead atoms. The van der Waals surface area contributed by atoms with E-state index in [4.69, 9.17) is 0 Å². The number of rotatable bonds is 0. The van der Waals surface area contributed by atoms with Crippen LogP contribution in [0.3, 0.4) is 0 Å². The molecular formula is C17H24O2. The lowest BCUT2D eigenvalue weighted by molar-refractivity contribution is -0.162. The lowest BCUT2D eigenvalue weighted by atomic mass is 9.53. The molecule has 2 nitrogen and oxygen atoms in total. The molecule has 0 radical (unpaired) electrons. The third-order valence-electron chi connectivity index (χ3n) is 5.73. The molecule has 19 heavy (non-hydrogen) atoms. The van der Waals surface area contributed by atoms with Gasteiger partial charge in [0.1, 0.15) is 5.78 Å². The van der Waals surface area contributed by atoms with Gasteiger partial charge in [0.15, 0.2) is 0 Å². The Labute approximate surface area is 115 Å². The van der Waals surface area contributed by atoms with Crippen LogP contribution in [0.15, 0.2) is 23.3 Å². The number of hydrogen-bond donors (Lipinski definition) is 1. The zero-order valence-electron chi connectivity index (χ0n) is 12.1. The van der Waals surface area contributed by atoms with E-state index < -0.39 is 5.60 Å². The molecule has 0 saturated heterocycles. The number of aliphatic hydroxyl groups is 1. The van der Waals surface area contributed by atoms with Crippen molar-refractivity contribution in [2.24, 2.45) is 23.7 Å². The first-order valence-electron chi connectivity index (χ1n) is 7.48. The highest BCUT2D eigenvalue weighted by Gasteiger charge is 2.56. The Bertz CT molecular complexity index is 470. The van der Waals surface area contributed by atoms with Crippen LogP contribution in [0, 0.1) is 23.7 Å². The highest BCUT2D eigenvalue weighted by atomic mass is 16.3. The fraction of sp³-hybridized carbons (Fsp3) is 0.706. The monoisotopic (exact) mass is 260 g/mol. The van der Waals surface area contributed by atoms with Gasteiger partial charge in [0.2, 0.25) is 0 Å². The number of Topliss-reactive ketones (excluding diaryl/α,β-unsaturated/α-hetero) is 1. The molecular weight excluding hydrogens is 236 g/mol. The summed E-state index contributed by atoms with van der Waals surface area (Å²) >= 11 is 0. The van der Waals surface area contributed by atoms with E-state index in [0.29, 0.717) is 5.78 Å². The van der Waals surface area contributed by atoms with Crippen molar-refractivity contribution >= 4 is 5.78 Å². The quantitative estimate of drug-likeness (QED) is 0.679. The maximum Gasteiger partial charge on any atom is 0.140 e. The lowest BCUT2D eigenvalue weighted by Crippen LogP contribution is -2.58. The fourth-order valence-corrected chi connectivity index (χ4v) is 4.55. The first-order chi connectivity index (χ1) is 8.91. The SMILES string of the molecule is CC1=CCC2C(C1)C(=O)C1CC=C(C)CC1C2(C)O. The van der Waals surface area contributed by atoms with Crippen molar-refractivity contribution < 1.29 is 9.90 Å². The van der Waals surface area contributed by atoms with Gasteiger partial charge in [0.05, 0.1) is 5.60 Å². The maximum atomic E-state index is 12.8. The van der Waals surface area contributed by atoms with Gasteiger partial charge < -0.3 is 5.11 Å². The van der Waals surface area contributed by atoms with Gasteiger partial charge in [-0.2, -0.15) is 0 Å². The maximum absolute atomic E-state index is 12.8. The minimum atomic E-state index is -0.698. The standard InChI is InChI=1S/C17H24O2/c1-10-5-7-14-13(8-10)16(18)12-6-4-11(2)9-15(12)17(14,3)19/h4-5,12-15,19H,6-9H2,1-3H3. The van der Waals surface area contributed by atoms with E-state index in [-0.39, 0.29) is 23.7 Å². The largest absolute Gasteiger partial charge is 0.390 e. The molecule has 0 aromatic heterocycles. The van der Waals surface area contributed by atoms with Crippen LogP contribution in [0.5, 0.6) is 0 Å². The molecule has 0 aromatic rings. The Hall–Kier alpha value is -0.890. The van der Waals surface area contributed by atoms with Crippen molar-refractivity contribution in [2.75, 3.05) is 0 Å². The molecule has 1 N–H and O–H groups in total. The molecule has 5 unspecified atom stereocenters. The zero-order valence-corrected chi connectivity index (χ0v) is 12.1. The smallest absolute Gasteiger partial charge is 0.140 e. The van der Waals surface area contributed by atoms with Crippen molar-refractivity contribution in [3.05, 3.63) is 23.3 Å². The molecule has 3 aliphatic rings. The van der Waals surface area contributed by atoms with Gasteiger partial charge in [-0.15, -0.1) is 0 Å². The molecule has 0 aromatic carbocycles. The van der Waals surface area contributed by atoms with E-state index in [2.05, 4.69) is 26.0 Å². The average molecular weight is 260 g/mol. The Morgan fingerprint density at radius 2 is 1.68 bits per heavy atom. The number of carbonyl (C=O) groups excluding carboxylic acids is 1. The van der Waals surface area contributed by atoms with E-state index in [0.717, 1.165) is 25.7 Å². The van der Waals surface area contributed by atoms with E-state index in [1.807, 2.05) is 6.92 Å². The molecule has 2 heteroatoms. The number of ketones is 1. The van der Waals surface area contributed by atoms with Crippen LogP contribution in [0.4, 0.5) is 0 Å². The van der Waals surface area contributed by atoms with Crippen LogP contribution in [-0.4, -0.2) is 16.5 Å². The van der Waals surface area contributed by atoms with Crippen LogP contribution >= 0.6 is 0 Å². The van der Waals surface area contributed by atoms with Crippen LogP contribution in [0.1, 0.15) is 46.5 Å². The van der Waals surface area contributed by atoms with E-state index >= 15 is 0 Å². The summed E-state index contributed by atoms with van der Waals surface area (Å²) in [6.07, 6.45) is 7.84. The average Bonchev–Trinajstić information content (AvgIpc) is 2.36. The molecule has 0 spiro atoms. The Morgan fingerprint density at radius 3 is 2.42 bits per heavy atom. The molecule has 3 aliphatic carbocycles. The van der Waals surface area contributed by atoms with Crippen molar-refractivity contribution in [1.29, 1.82) is 0 Å². The molecule has 0 aliphatic heterocycles. The van der Waals surface area contributed by atoms with Gasteiger partial charge >= 0.3 is 0 Å². The van der Waals surface area contributed by atoms with Crippen molar-refractivity contribution in [2.45, 2.75) is 52.1 Å². The van der Waals surface area contributed by atoms with Crippen molar-refractivity contribution in [1.82, 2.24) is 0 Å². The molecule has 5 atom stereocenters. The molecule has 104 valence electrons. The van der Waals surface area contributed by atoms with Gasteiger partial charge in [-0.05, 0) is 46.5 Å². The van der Waals surface area contributed by atoms with Crippen LogP contribution in [0.2, 0.25) is 0 Å². The summed E-state index contributed by atoms with van der Waals surface area (Å²) in [5, 5.41) is 11.1. The highest BCUT2D eigenvalue weighted by molar-refractivity contribution is 5.86. The summed E-state index contributed by atoms with van der Waals surface area (Å²) < 4.78 is 0. The van der Waals surface area contributed by atoms with Gasteiger partial charge in [-0.25, -0.2) is 0 Å². The third-order valence-corrected chi connectivity index (χ3v) is 5.73. The molecule has 3 rings (SSSR count). The number of hydrogen-bond acceptors (Lipinski definition) is 2. The topological polar surface area (TPSA) is 37.3 Å². The Kier molecular flexibility index (Phi) is 2.97. The van der Waals surface area contributed by atoms with E-state index in [1.54, 1.807) is 0 Å². The predicted octanol–water partition coefficient (Wildman–Crippen LogP) is 3.27. The number of allylic oxidation sites excluding steroid dienone is 4. The second-order valence-electron chi connectivity index (χ2n) is 7.03. The minimum absolute atomic E-state index is 0.0471. The van der Waals surface area contributed by atoms with Crippen LogP contribution in [0.25, 0.3) is 0 Å². The van der Waals surface area contributed by atoms with Crippen molar-refractivity contribution in [3.8, 4) is 0 Å². The zero-order chi connectivity index (χ0) is 13.8. The summed E-state index contributed by atoms with van der Waals surface area (Å²) in [5.74, 6) is 0.755. The number of fused-ring (bicyclic) bond motifs is 2. The van der Waals surface area contributed by atoms with E-state index in [9.17, 15) is 9.90 Å². The first-order valence-corrected chi connectivity index (χ1v) is 7.48. The summed E-state index contributed by atoms with van der Waals surface area (Å²) in [6, 6.07) is 0. The predicted molar refractivity (Wildman–Crippen MR) is 75.6 cm³/mol. The Balaban J connectivity index is 2.00. The van der Waals surface area contributed by atoms with Gasteiger partial charge in [-0.3, -0.25) is 4.79 Å². The molecule has 1 fully saturated rings. The van der Waals surface area contributed by atoms with Crippen LogP contribution < -0.4 is 0 Å². The Morgan fingerprint density at radius 1 is 1.05 bits per heavy atom. The summed E-state index contributed by atoms with van der Waals surface area (Å²) in [4.78, 5) is 12.8. The van der Waals surface area contributed by atoms with Crippen molar-refractivity contribution in [3.63, 3.8) is 0 Å². The summed E-state index contributed by atoms with van der Waals surface area (Å²) in [7, 11) is 0. The van der Waals surface area contributed by atoms with E-state index in [1.165, 1.54) is 11.1 Å². The number of carbonyl (C=O) groups is 1. The molecule has 0 heterocycles. The van der Waals surface area contributed by atoms with Crippen LogP contribution in [-0.2, 0) is 4.79 Å². The molecule has 0 amide bonds. The van der Waals surface area contributed by atoms with Gasteiger partial charge in [0, 0.05) is 23.7 Å². The lowest BCUT2D eigenvalue weighted by Gasteiger charge is -2.53. The fourth-order valence-electron chi connectivity index (χ4n) is 4.55. The second-order valence-corrected chi connectivity index (χ2v) is 7.03. The summed E-state index contributed by atoms with van der Waals surface area (Å²) in [6.45, 7) is 6.20. The normalized spacial score (nSPS) is 46.0.